The third kappa shape index (κ3) is 3.31. The number of ether oxygens (including phenoxy) is 1. The zero-order chi connectivity index (χ0) is 14.6. The molecular formula is C13H15NO5. The Kier molecular flexibility index (Phi) is 4.26. The molecule has 0 aliphatic carbocycles. The molecule has 1 aromatic carbocycles. The topological polar surface area (TPSA) is 92.7 Å². The number of hydrogen-bond acceptors (Lipinski definition) is 4. The third-order valence-corrected chi connectivity index (χ3v) is 2.52. The van der Waals surface area contributed by atoms with Crippen LogP contribution in [-0.2, 0) is 9.53 Å². The molecule has 0 aliphatic heterocycles. The molecule has 0 bridgehead atoms. The number of carboxylic acids is 1. The molecule has 0 atom stereocenters. The van der Waals surface area contributed by atoms with Gasteiger partial charge in [-0.2, -0.15) is 0 Å². The first kappa shape index (κ1) is 14.7. The first-order chi connectivity index (χ1) is 8.79. The zero-order valence-electron chi connectivity index (χ0n) is 10.9. The average Bonchev–Trinajstić information content (AvgIpc) is 2.37. The van der Waals surface area contributed by atoms with E-state index < -0.39 is 23.4 Å². The summed E-state index contributed by atoms with van der Waals surface area (Å²) >= 11 is 0. The molecule has 0 unspecified atom stereocenters. The van der Waals surface area contributed by atoms with Crippen LogP contribution in [-0.4, -0.2) is 35.6 Å². The number of carbonyl (C=O) groups excluding carboxylic acids is 2. The summed E-state index contributed by atoms with van der Waals surface area (Å²) in [5.74, 6) is -2.47. The molecule has 19 heavy (non-hydrogen) atoms. The second-order valence-electron chi connectivity index (χ2n) is 4.42. The van der Waals surface area contributed by atoms with E-state index >= 15 is 0 Å². The van der Waals surface area contributed by atoms with Crippen LogP contribution < -0.4 is 5.32 Å². The summed E-state index contributed by atoms with van der Waals surface area (Å²) in [6, 6.07) is 5.77. The molecule has 2 N–H and O–H groups in total. The monoisotopic (exact) mass is 265 g/mol. The van der Waals surface area contributed by atoms with E-state index in [9.17, 15) is 14.4 Å². The van der Waals surface area contributed by atoms with Gasteiger partial charge in [0.2, 0.25) is 0 Å². The predicted octanol–water partition coefficient (Wildman–Crippen LogP) is 1.07. The maximum atomic E-state index is 12.0. The summed E-state index contributed by atoms with van der Waals surface area (Å²) in [4.78, 5) is 34.5. The fraction of sp³-hybridized carbons (Fsp3) is 0.308. The summed E-state index contributed by atoms with van der Waals surface area (Å²) in [6.07, 6.45) is 0. The number of aromatic carboxylic acids is 1. The van der Waals surface area contributed by atoms with Crippen LogP contribution in [0.3, 0.4) is 0 Å². The van der Waals surface area contributed by atoms with Crippen molar-refractivity contribution in [2.75, 3.05) is 7.11 Å². The zero-order valence-corrected chi connectivity index (χ0v) is 10.9. The number of methoxy groups -OCH3 is 1. The van der Waals surface area contributed by atoms with Crippen molar-refractivity contribution in [1.82, 2.24) is 5.32 Å². The lowest BCUT2D eigenvalue weighted by Crippen LogP contribution is -2.50. The molecule has 0 aromatic heterocycles. The van der Waals surface area contributed by atoms with E-state index in [0.29, 0.717) is 0 Å². The summed E-state index contributed by atoms with van der Waals surface area (Å²) in [5, 5.41) is 11.4. The lowest BCUT2D eigenvalue weighted by molar-refractivity contribution is -0.146. The second-order valence-corrected chi connectivity index (χ2v) is 4.42. The van der Waals surface area contributed by atoms with Gasteiger partial charge in [0.05, 0.1) is 18.2 Å². The van der Waals surface area contributed by atoms with Crippen molar-refractivity contribution in [3.05, 3.63) is 35.4 Å². The van der Waals surface area contributed by atoms with Crippen LogP contribution in [0.5, 0.6) is 0 Å². The number of amides is 1. The van der Waals surface area contributed by atoms with E-state index in [-0.39, 0.29) is 11.1 Å². The highest BCUT2D eigenvalue weighted by Crippen LogP contribution is 2.12. The molecule has 0 fully saturated rings. The Morgan fingerprint density at radius 2 is 1.68 bits per heavy atom. The minimum atomic E-state index is -1.24. The Morgan fingerprint density at radius 3 is 2.16 bits per heavy atom. The first-order valence-electron chi connectivity index (χ1n) is 5.53. The first-order valence-corrected chi connectivity index (χ1v) is 5.53. The number of esters is 1. The number of hydrogen-bond donors (Lipinski definition) is 2. The Labute approximate surface area is 110 Å². The number of carboxylic acid groups (broad SMARTS) is 1. The van der Waals surface area contributed by atoms with Gasteiger partial charge < -0.3 is 15.2 Å². The molecule has 0 heterocycles. The molecule has 1 aromatic rings. The van der Waals surface area contributed by atoms with E-state index in [1.54, 1.807) is 6.07 Å². The molecule has 0 radical (unpaired) electrons. The summed E-state index contributed by atoms with van der Waals surface area (Å²) in [5.41, 5.74) is -1.37. The van der Waals surface area contributed by atoms with Crippen molar-refractivity contribution < 1.29 is 24.2 Å². The van der Waals surface area contributed by atoms with Gasteiger partial charge in [0.1, 0.15) is 5.54 Å². The fourth-order valence-corrected chi connectivity index (χ4v) is 1.52. The van der Waals surface area contributed by atoms with Gasteiger partial charge in [-0.3, -0.25) is 4.79 Å². The van der Waals surface area contributed by atoms with Crippen molar-refractivity contribution in [3.63, 3.8) is 0 Å². The van der Waals surface area contributed by atoms with Crippen LogP contribution in [0, 0.1) is 0 Å². The van der Waals surface area contributed by atoms with Crippen molar-refractivity contribution >= 4 is 17.8 Å². The SMILES string of the molecule is COC(=O)C(C)(C)NC(=O)c1ccccc1C(=O)O. The van der Waals surface area contributed by atoms with Crippen molar-refractivity contribution in [3.8, 4) is 0 Å². The van der Waals surface area contributed by atoms with Crippen LogP contribution in [0.1, 0.15) is 34.6 Å². The quantitative estimate of drug-likeness (QED) is 0.794. The highest BCUT2D eigenvalue weighted by atomic mass is 16.5. The van der Waals surface area contributed by atoms with Crippen molar-refractivity contribution in [2.45, 2.75) is 19.4 Å². The highest BCUT2D eigenvalue weighted by Gasteiger charge is 2.31. The minimum Gasteiger partial charge on any atom is -0.478 e. The van der Waals surface area contributed by atoms with Gasteiger partial charge in [-0.05, 0) is 26.0 Å². The Bertz CT molecular complexity index is 522. The van der Waals surface area contributed by atoms with Crippen LogP contribution in [0.25, 0.3) is 0 Å². The smallest absolute Gasteiger partial charge is 0.336 e. The molecule has 102 valence electrons. The highest BCUT2D eigenvalue weighted by molar-refractivity contribution is 6.06. The molecule has 0 spiro atoms. The predicted molar refractivity (Wildman–Crippen MR) is 67.0 cm³/mol. The standard InChI is InChI=1S/C13H15NO5/c1-13(2,12(18)19-3)14-10(15)8-6-4-5-7-9(8)11(16)17/h4-7H,1-3H3,(H,14,15)(H,16,17). The van der Waals surface area contributed by atoms with Gasteiger partial charge >= 0.3 is 11.9 Å². The van der Waals surface area contributed by atoms with Crippen LogP contribution in [0.4, 0.5) is 0 Å². The van der Waals surface area contributed by atoms with Gasteiger partial charge in [-0.25, -0.2) is 9.59 Å². The van der Waals surface area contributed by atoms with E-state index in [0.717, 1.165) is 0 Å². The largest absolute Gasteiger partial charge is 0.478 e. The molecule has 1 rings (SSSR count). The maximum absolute atomic E-state index is 12.0. The Morgan fingerprint density at radius 1 is 1.16 bits per heavy atom. The van der Waals surface area contributed by atoms with E-state index in [4.69, 9.17) is 5.11 Å². The van der Waals surface area contributed by atoms with E-state index in [1.807, 2.05) is 0 Å². The molecule has 0 aliphatic rings. The second kappa shape index (κ2) is 5.51. The molecule has 6 nitrogen and oxygen atoms in total. The van der Waals surface area contributed by atoms with Gasteiger partial charge in [-0.15, -0.1) is 0 Å². The molecule has 0 saturated heterocycles. The number of benzene rings is 1. The lowest BCUT2D eigenvalue weighted by Gasteiger charge is -2.23. The third-order valence-electron chi connectivity index (χ3n) is 2.52. The Hall–Kier alpha value is -2.37. The number of carbonyl (C=O) groups is 3. The minimum absolute atomic E-state index is 0.00743. The average molecular weight is 265 g/mol. The summed E-state index contributed by atoms with van der Waals surface area (Å²) in [6.45, 7) is 2.94. The molecule has 6 heteroatoms. The molecular weight excluding hydrogens is 250 g/mol. The van der Waals surface area contributed by atoms with Gasteiger partial charge in [0.15, 0.2) is 0 Å². The molecule has 0 saturated carbocycles. The van der Waals surface area contributed by atoms with Crippen molar-refractivity contribution in [1.29, 1.82) is 0 Å². The van der Waals surface area contributed by atoms with Crippen molar-refractivity contribution in [2.24, 2.45) is 0 Å². The van der Waals surface area contributed by atoms with Crippen LogP contribution >= 0.6 is 0 Å². The number of rotatable bonds is 4. The fourth-order valence-electron chi connectivity index (χ4n) is 1.52. The summed E-state index contributed by atoms with van der Waals surface area (Å²) < 4.78 is 4.56. The van der Waals surface area contributed by atoms with E-state index in [1.165, 1.54) is 39.2 Å². The molecule has 1 amide bonds. The van der Waals surface area contributed by atoms with Crippen LogP contribution in [0.2, 0.25) is 0 Å². The maximum Gasteiger partial charge on any atom is 0.336 e. The van der Waals surface area contributed by atoms with Gasteiger partial charge in [0, 0.05) is 0 Å². The van der Waals surface area contributed by atoms with E-state index in [2.05, 4.69) is 10.1 Å². The normalized spacial score (nSPS) is 10.7. The lowest BCUT2D eigenvalue weighted by atomic mass is 10.0. The van der Waals surface area contributed by atoms with Crippen LogP contribution in [0.15, 0.2) is 24.3 Å². The summed E-state index contributed by atoms with van der Waals surface area (Å²) in [7, 11) is 1.21. The van der Waals surface area contributed by atoms with Gasteiger partial charge in [-0.1, -0.05) is 12.1 Å². The van der Waals surface area contributed by atoms with Gasteiger partial charge in [0.25, 0.3) is 5.91 Å². The number of nitrogens with one attached hydrogen (secondary N) is 1. The Balaban J connectivity index is 3.03.